The van der Waals surface area contributed by atoms with E-state index in [1.54, 1.807) is 6.20 Å². The van der Waals surface area contributed by atoms with Gasteiger partial charge in [-0.15, -0.1) is 11.3 Å². The van der Waals surface area contributed by atoms with Crippen molar-refractivity contribution in [1.82, 2.24) is 14.5 Å². The van der Waals surface area contributed by atoms with Crippen molar-refractivity contribution in [3.05, 3.63) is 40.6 Å². The lowest BCUT2D eigenvalue weighted by Crippen LogP contribution is -2.44. The molecular formula is C18H25N3OS. The summed E-state index contributed by atoms with van der Waals surface area (Å²) in [7, 11) is 0. The maximum atomic E-state index is 12.7. The van der Waals surface area contributed by atoms with Gasteiger partial charge in [0.05, 0.1) is 0 Å². The lowest BCUT2D eigenvalue weighted by Gasteiger charge is -2.36. The fraction of sp³-hybridized carbons (Fsp3) is 0.556. The van der Waals surface area contributed by atoms with E-state index in [9.17, 15) is 4.79 Å². The Morgan fingerprint density at radius 1 is 1.43 bits per heavy atom. The van der Waals surface area contributed by atoms with Crippen molar-refractivity contribution < 1.29 is 4.79 Å². The van der Waals surface area contributed by atoms with Crippen LogP contribution in [0.15, 0.2) is 29.9 Å². The number of piperidine rings is 1. The third kappa shape index (κ3) is 4.22. The molecule has 0 aromatic carbocycles. The van der Waals surface area contributed by atoms with Crippen molar-refractivity contribution >= 4 is 17.2 Å². The van der Waals surface area contributed by atoms with Crippen LogP contribution in [-0.2, 0) is 17.8 Å². The Balaban J connectivity index is 1.54. The molecule has 1 fully saturated rings. The van der Waals surface area contributed by atoms with Crippen molar-refractivity contribution in [3.8, 4) is 0 Å². The Labute approximate surface area is 142 Å². The molecule has 1 amide bonds. The molecule has 5 heteroatoms. The van der Waals surface area contributed by atoms with Crippen molar-refractivity contribution in [2.75, 3.05) is 6.54 Å². The van der Waals surface area contributed by atoms with E-state index < -0.39 is 0 Å². The third-order valence-electron chi connectivity index (χ3n) is 4.74. The number of rotatable bonds is 6. The zero-order valence-electron chi connectivity index (χ0n) is 13.8. The quantitative estimate of drug-likeness (QED) is 0.810. The number of hydrogen-bond acceptors (Lipinski definition) is 3. The molecule has 1 saturated heterocycles. The van der Waals surface area contributed by atoms with Gasteiger partial charge in [-0.05, 0) is 50.5 Å². The van der Waals surface area contributed by atoms with Crippen LogP contribution in [0.4, 0.5) is 0 Å². The molecule has 0 aliphatic carbocycles. The predicted octanol–water partition coefficient (Wildman–Crippen LogP) is 3.66. The normalized spacial score (nSPS) is 18.3. The van der Waals surface area contributed by atoms with Crippen LogP contribution in [0.3, 0.4) is 0 Å². The van der Waals surface area contributed by atoms with Gasteiger partial charge < -0.3 is 9.47 Å². The highest BCUT2D eigenvalue weighted by Crippen LogP contribution is 2.23. The maximum absolute atomic E-state index is 12.7. The highest BCUT2D eigenvalue weighted by molar-refractivity contribution is 7.09. The van der Waals surface area contributed by atoms with Crippen molar-refractivity contribution in [2.24, 2.45) is 0 Å². The Morgan fingerprint density at radius 2 is 2.35 bits per heavy atom. The first-order valence-corrected chi connectivity index (χ1v) is 9.41. The van der Waals surface area contributed by atoms with Gasteiger partial charge in [0, 0.05) is 42.8 Å². The number of hydrogen-bond donors (Lipinski definition) is 0. The second-order valence-electron chi connectivity index (χ2n) is 6.27. The Kier molecular flexibility index (Phi) is 5.49. The number of carbonyl (C=O) groups excluding carboxylic acids is 1. The summed E-state index contributed by atoms with van der Waals surface area (Å²) in [4.78, 5) is 20.5. The topological polar surface area (TPSA) is 38.1 Å². The standard InChI is InChI=1S/C18H25N3OS/c1-15-19-10-13-20(15)12-9-18(22)21-11-3-2-5-16(21)7-8-17-6-4-14-23-17/h4,6,10,13-14,16H,2-3,5,7-9,11-12H2,1H3/t16-/m0/s1. The van der Waals surface area contributed by atoms with Gasteiger partial charge in [0.1, 0.15) is 5.82 Å². The summed E-state index contributed by atoms with van der Waals surface area (Å²) < 4.78 is 2.06. The van der Waals surface area contributed by atoms with Crippen LogP contribution < -0.4 is 0 Å². The molecule has 0 radical (unpaired) electrons. The second kappa shape index (κ2) is 7.77. The number of thiophene rings is 1. The molecule has 2 aromatic heterocycles. The van der Waals surface area contributed by atoms with Crippen LogP contribution >= 0.6 is 11.3 Å². The Hall–Kier alpha value is -1.62. The van der Waals surface area contributed by atoms with Crippen molar-refractivity contribution in [3.63, 3.8) is 0 Å². The van der Waals surface area contributed by atoms with Crippen LogP contribution in [0.2, 0.25) is 0 Å². The minimum Gasteiger partial charge on any atom is -0.340 e. The average Bonchev–Trinajstić information content (AvgIpc) is 3.22. The van der Waals surface area contributed by atoms with Gasteiger partial charge in [-0.3, -0.25) is 4.79 Å². The maximum Gasteiger partial charge on any atom is 0.224 e. The molecule has 0 spiro atoms. The zero-order chi connectivity index (χ0) is 16.1. The van der Waals surface area contributed by atoms with Crippen LogP contribution in [0, 0.1) is 6.92 Å². The highest BCUT2D eigenvalue weighted by Gasteiger charge is 2.26. The molecule has 0 unspecified atom stereocenters. The lowest BCUT2D eigenvalue weighted by atomic mass is 9.97. The Bertz CT molecular complexity index is 620. The SMILES string of the molecule is Cc1nccn1CCC(=O)N1CCCC[C@H]1CCc1cccs1. The molecule has 0 bridgehead atoms. The van der Waals surface area contributed by atoms with Crippen LogP contribution in [-0.4, -0.2) is 32.9 Å². The first kappa shape index (κ1) is 16.2. The highest BCUT2D eigenvalue weighted by atomic mass is 32.1. The fourth-order valence-electron chi connectivity index (χ4n) is 3.39. The van der Waals surface area contributed by atoms with E-state index in [4.69, 9.17) is 0 Å². The molecule has 4 nitrogen and oxygen atoms in total. The molecular weight excluding hydrogens is 306 g/mol. The van der Waals surface area contributed by atoms with Crippen molar-refractivity contribution in [2.45, 2.75) is 58.0 Å². The molecule has 3 rings (SSSR count). The Morgan fingerprint density at radius 3 is 3.09 bits per heavy atom. The first-order valence-electron chi connectivity index (χ1n) is 8.53. The molecule has 1 aliphatic heterocycles. The number of imidazole rings is 1. The number of amides is 1. The summed E-state index contributed by atoms with van der Waals surface area (Å²) in [6, 6.07) is 4.72. The fourth-order valence-corrected chi connectivity index (χ4v) is 4.12. The van der Waals surface area contributed by atoms with Crippen molar-refractivity contribution in [1.29, 1.82) is 0 Å². The van der Waals surface area contributed by atoms with Gasteiger partial charge in [-0.2, -0.15) is 0 Å². The summed E-state index contributed by atoms with van der Waals surface area (Å²) in [5.41, 5.74) is 0. The summed E-state index contributed by atoms with van der Waals surface area (Å²) >= 11 is 1.82. The van der Waals surface area contributed by atoms with E-state index >= 15 is 0 Å². The van der Waals surface area contributed by atoms with E-state index in [1.807, 2.05) is 24.5 Å². The van der Waals surface area contributed by atoms with Gasteiger partial charge in [-0.25, -0.2) is 4.98 Å². The van der Waals surface area contributed by atoms with Gasteiger partial charge in [0.15, 0.2) is 0 Å². The van der Waals surface area contributed by atoms with Crippen LogP contribution in [0.25, 0.3) is 0 Å². The minimum atomic E-state index is 0.300. The lowest BCUT2D eigenvalue weighted by molar-refractivity contribution is -0.135. The van der Waals surface area contributed by atoms with Crippen LogP contribution in [0.1, 0.15) is 42.8 Å². The summed E-state index contributed by atoms with van der Waals surface area (Å²) in [6.45, 7) is 3.64. The number of aryl methyl sites for hydroxylation is 3. The van der Waals surface area contributed by atoms with Gasteiger partial charge in [0.2, 0.25) is 5.91 Å². The molecule has 1 atom stereocenters. The number of carbonyl (C=O) groups is 1. The molecule has 124 valence electrons. The van der Waals surface area contributed by atoms with Crippen LogP contribution in [0.5, 0.6) is 0 Å². The first-order chi connectivity index (χ1) is 11.2. The number of likely N-dealkylation sites (tertiary alicyclic amines) is 1. The minimum absolute atomic E-state index is 0.300. The average molecular weight is 331 g/mol. The smallest absolute Gasteiger partial charge is 0.224 e. The molecule has 23 heavy (non-hydrogen) atoms. The van der Waals surface area contributed by atoms with E-state index in [0.717, 1.165) is 44.6 Å². The van der Waals surface area contributed by atoms with E-state index in [2.05, 4.69) is 32.0 Å². The predicted molar refractivity (Wildman–Crippen MR) is 93.6 cm³/mol. The van der Waals surface area contributed by atoms with E-state index in [1.165, 1.54) is 11.3 Å². The number of aromatic nitrogens is 2. The monoisotopic (exact) mass is 331 g/mol. The summed E-state index contributed by atoms with van der Waals surface area (Å²) in [5.74, 6) is 1.28. The molecule has 0 N–H and O–H groups in total. The zero-order valence-corrected chi connectivity index (χ0v) is 14.6. The van der Waals surface area contributed by atoms with E-state index in [-0.39, 0.29) is 0 Å². The van der Waals surface area contributed by atoms with Gasteiger partial charge in [-0.1, -0.05) is 6.07 Å². The molecule has 1 aliphatic rings. The molecule has 3 heterocycles. The van der Waals surface area contributed by atoms with Gasteiger partial charge >= 0.3 is 0 Å². The molecule has 0 saturated carbocycles. The molecule has 2 aromatic rings. The van der Waals surface area contributed by atoms with Gasteiger partial charge in [0.25, 0.3) is 0 Å². The number of nitrogens with zero attached hydrogens (tertiary/aromatic N) is 3. The third-order valence-corrected chi connectivity index (χ3v) is 5.68. The largest absolute Gasteiger partial charge is 0.340 e. The van der Waals surface area contributed by atoms with E-state index in [0.29, 0.717) is 18.4 Å². The second-order valence-corrected chi connectivity index (χ2v) is 7.30. The summed E-state index contributed by atoms with van der Waals surface area (Å²) in [6.07, 6.45) is 10.1. The summed E-state index contributed by atoms with van der Waals surface area (Å²) in [5, 5.41) is 2.13.